The van der Waals surface area contributed by atoms with E-state index in [1.54, 1.807) is 29.0 Å². The molecule has 0 radical (unpaired) electrons. The maximum atomic E-state index is 13.0. The van der Waals surface area contributed by atoms with E-state index >= 15 is 0 Å². The van der Waals surface area contributed by atoms with Gasteiger partial charge in [0.15, 0.2) is 5.69 Å². The molecule has 0 saturated carbocycles. The lowest BCUT2D eigenvalue weighted by Crippen LogP contribution is -2.50. The van der Waals surface area contributed by atoms with Gasteiger partial charge >= 0.3 is 0 Å². The number of nitrogens with zero attached hydrogens (tertiary/aromatic N) is 4. The van der Waals surface area contributed by atoms with Gasteiger partial charge in [0.05, 0.1) is 13.7 Å². The molecule has 2 amide bonds. The van der Waals surface area contributed by atoms with Crippen molar-refractivity contribution in [3.05, 3.63) is 72.1 Å². The fraction of sp³-hybridized carbons (Fsp3) is 0.292. The van der Waals surface area contributed by atoms with Gasteiger partial charge in [0, 0.05) is 38.1 Å². The van der Waals surface area contributed by atoms with Gasteiger partial charge in [-0.1, -0.05) is 24.3 Å². The van der Waals surface area contributed by atoms with E-state index in [-0.39, 0.29) is 11.8 Å². The molecular weight excluding hydrogens is 406 g/mol. The Labute approximate surface area is 187 Å². The first kappa shape index (κ1) is 21.6. The van der Waals surface area contributed by atoms with Crippen LogP contribution in [0.1, 0.15) is 16.1 Å². The topological polar surface area (TPSA) is 79.7 Å². The molecule has 2 heterocycles. The summed E-state index contributed by atoms with van der Waals surface area (Å²) in [6, 6.07) is 17.0. The molecule has 8 heteroatoms. The Balaban J connectivity index is 1.33. The van der Waals surface area contributed by atoms with E-state index in [0.29, 0.717) is 44.2 Å². The first-order chi connectivity index (χ1) is 15.5. The number of carbonyl (C=O) groups excluding carboxylic acids is 2. The van der Waals surface area contributed by atoms with Crippen LogP contribution in [-0.2, 0) is 4.79 Å². The fourth-order valence-electron chi connectivity index (χ4n) is 3.75. The van der Waals surface area contributed by atoms with Crippen molar-refractivity contribution in [2.75, 3.05) is 45.2 Å². The van der Waals surface area contributed by atoms with Crippen molar-refractivity contribution in [1.82, 2.24) is 19.6 Å². The van der Waals surface area contributed by atoms with E-state index in [1.165, 1.54) is 0 Å². The molecule has 1 saturated heterocycles. The quantitative estimate of drug-likeness (QED) is 0.646. The second-order valence-electron chi connectivity index (χ2n) is 7.80. The van der Waals surface area contributed by atoms with Gasteiger partial charge in [-0.05, 0) is 42.8 Å². The van der Waals surface area contributed by atoms with Crippen LogP contribution in [-0.4, -0.2) is 71.2 Å². The second kappa shape index (κ2) is 9.65. The molecule has 0 spiro atoms. The Bertz CT molecular complexity index is 1090. The summed E-state index contributed by atoms with van der Waals surface area (Å²) in [5, 5.41) is 7.38. The minimum Gasteiger partial charge on any atom is -0.494 e. The Kier molecular flexibility index (Phi) is 6.51. The zero-order valence-electron chi connectivity index (χ0n) is 18.3. The molecule has 166 valence electrons. The minimum absolute atomic E-state index is 0.0539. The van der Waals surface area contributed by atoms with Crippen molar-refractivity contribution in [3.63, 3.8) is 0 Å². The van der Waals surface area contributed by atoms with Crippen LogP contribution in [0.25, 0.3) is 5.69 Å². The van der Waals surface area contributed by atoms with Crippen LogP contribution < -0.4 is 10.1 Å². The lowest BCUT2D eigenvalue weighted by Gasteiger charge is -2.33. The van der Waals surface area contributed by atoms with Crippen LogP contribution in [0.4, 0.5) is 5.69 Å². The summed E-state index contributed by atoms with van der Waals surface area (Å²) in [5.74, 6) is 0.533. The Morgan fingerprint density at radius 3 is 2.50 bits per heavy atom. The number of rotatable bonds is 6. The van der Waals surface area contributed by atoms with E-state index < -0.39 is 0 Å². The molecule has 4 rings (SSSR count). The number of piperazine rings is 1. The number of amides is 2. The first-order valence-corrected chi connectivity index (χ1v) is 10.6. The van der Waals surface area contributed by atoms with Crippen molar-refractivity contribution in [1.29, 1.82) is 0 Å². The van der Waals surface area contributed by atoms with Gasteiger partial charge in [-0.25, -0.2) is 4.68 Å². The van der Waals surface area contributed by atoms with Crippen molar-refractivity contribution in [3.8, 4) is 11.4 Å². The lowest BCUT2D eigenvalue weighted by molar-refractivity contribution is -0.117. The smallest absolute Gasteiger partial charge is 0.274 e. The normalized spacial score (nSPS) is 14.2. The molecule has 0 bridgehead atoms. The molecule has 2 aromatic carbocycles. The maximum Gasteiger partial charge on any atom is 0.274 e. The molecule has 8 nitrogen and oxygen atoms in total. The Morgan fingerprint density at radius 1 is 1.03 bits per heavy atom. The zero-order valence-corrected chi connectivity index (χ0v) is 18.3. The summed E-state index contributed by atoms with van der Waals surface area (Å²) in [6.07, 6.45) is 1.77. The SMILES string of the molecule is COc1ccc(C)cc1-n1ccc(C(=O)N2CCN(CC(=O)Nc3ccccc3)CC2)n1. The zero-order chi connectivity index (χ0) is 22.5. The van der Waals surface area contributed by atoms with Crippen LogP contribution >= 0.6 is 0 Å². The molecule has 1 aromatic heterocycles. The van der Waals surface area contributed by atoms with Crippen LogP contribution in [0.15, 0.2) is 60.8 Å². The molecule has 0 aliphatic carbocycles. The highest BCUT2D eigenvalue weighted by Gasteiger charge is 2.25. The van der Waals surface area contributed by atoms with Gasteiger partial charge in [-0.2, -0.15) is 5.10 Å². The van der Waals surface area contributed by atoms with E-state index in [4.69, 9.17) is 4.74 Å². The third kappa shape index (κ3) is 4.97. The number of methoxy groups -OCH3 is 1. The maximum absolute atomic E-state index is 13.0. The number of para-hydroxylation sites is 1. The molecule has 32 heavy (non-hydrogen) atoms. The van der Waals surface area contributed by atoms with E-state index in [0.717, 1.165) is 16.9 Å². The number of carbonyl (C=O) groups is 2. The average molecular weight is 434 g/mol. The second-order valence-corrected chi connectivity index (χ2v) is 7.80. The summed E-state index contributed by atoms with van der Waals surface area (Å²) in [5.41, 5.74) is 3.05. The van der Waals surface area contributed by atoms with Gasteiger partial charge in [-0.15, -0.1) is 0 Å². The highest BCUT2D eigenvalue weighted by atomic mass is 16.5. The summed E-state index contributed by atoms with van der Waals surface area (Å²) in [6.45, 7) is 4.69. The minimum atomic E-state index is -0.108. The van der Waals surface area contributed by atoms with E-state index in [9.17, 15) is 9.59 Å². The molecule has 3 aromatic rings. The third-order valence-electron chi connectivity index (χ3n) is 5.47. The number of hydrogen-bond donors (Lipinski definition) is 1. The van der Waals surface area contributed by atoms with Crippen LogP contribution in [0.2, 0.25) is 0 Å². The standard InChI is InChI=1S/C24H27N5O3/c1-18-8-9-22(32-2)21(16-18)29-11-10-20(26-29)24(31)28-14-12-27(13-15-28)17-23(30)25-19-6-4-3-5-7-19/h3-11,16H,12-15,17H2,1-2H3,(H,25,30). The van der Waals surface area contributed by atoms with Crippen molar-refractivity contribution >= 4 is 17.5 Å². The van der Waals surface area contributed by atoms with E-state index in [2.05, 4.69) is 15.3 Å². The molecule has 1 N–H and O–H groups in total. The number of benzene rings is 2. The number of aryl methyl sites for hydroxylation is 1. The summed E-state index contributed by atoms with van der Waals surface area (Å²) in [4.78, 5) is 29.1. The largest absolute Gasteiger partial charge is 0.494 e. The summed E-state index contributed by atoms with van der Waals surface area (Å²) < 4.78 is 7.10. The molecule has 0 unspecified atom stereocenters. The number of anilines is 1. The van der Waals surface area contributed by atoms with Crippen LogP contribution in [0.3, 0.4) is 0 Å². The highest BCUT2D eigenvalue weighted by molar-refractivity contribution is 5.93. The van der Waals surface area contributed by atoms with E-state index in [1.807, 2.05) is 55.5 Å². The molecule has 1 fully saturated rings. The van der Waals surface area contributed by atoms with Crippen LogP contribution in [0, 0.1) is 6.92 Å². The lowest BCUT2D eigenvalue weighted by atomic mass is 10.2. The van der Waals surface area contributed by atoms with Gasteiger partial charge in [0.25, 0.3) is 5.91 Å². The van der Waals surface area contributed by atoms with Crippen molar-refractivity contribution in [2.45, 2.75) is 6.92 Å². The number of nitrogens with one attached hydrogen (secondary N) is 1. The van der Waals surface area contributed by atoms with Gasteiger partial charge in [0.1, 0.15) is 11.4 Å². The highest BCUT2D eigenvalue weighted by Crippen LogP contribution is 2.23. The predicted octanol–water partition coefficient (Wildman–Crippen LogP) is 2.59. The van der Waals surface area contributed by atoms with Gasteiger partial charge in [0.2, 0.25) is 5.91 Å². The molecule has 1 aliphatic heterocycles. The molecule has 0 atom stereocenters. The van der Waals surface area contributed by atoms with Gasteiger partial charge in [-0.3, -0.25) is 14.5 Å². The number of hydrogen-bond acceptors (Lipinski definition) is 5. The summed E-state index contributed by atoms with van der Waals surface area (Å²) in [7, 11) is 1.61. The monoisotopic (exact) mass is 433 g/mol. The fourth-order valence-corrected chi connectivity index (χ4v) is 3.75. The number of ether oxygens (including phenoxy) is 1. The average Bonchev–Trinajstić information content (AvgIpc) is 3.30. The Morgan fingerprint density at radius 2 is 1.78 bits per heavy atom. The number of aromatic nitrogens is 2. The Hall–Kier alpha value is -3.65. The summed E-state index contributed by atoms with van der Waals surface area (Å²) >= 11 is 0. The van der Waals surface area contributed by atoms with Gasteiger partial charge < -0.3 is 15.0 Å². The van der Waals surface area contributed by atoms with Crippen LogP contribution in [0.5, 0.6) is 5.75 Å². The molecule has 1 aliphatic rings. The third-order valence-corrected chi connectivity index (χ3v) is 5.47. The molecular formula is C24H27N5O3. The first-order valence-electron chi connectivity index (χ1n) is 10.6. The van der Waals surface area contributed by atoms with Crippen molar-refractivity contribution in [2.24, 2.45) is 0 Å². The van der Waals surface area contributed by atoms with Crippen molar-refractivity contribution < 1.29 is 14.3 Å². The predicted molar refractivity (Wildman–Crippen MR) is 122 cm³/mol.